The molecule has 0 aliphatic heterocycles. The van der Waals surface area contributed by atoms with E-state index in [0.717, 1.165) is 18.4 Å². The van der Waals surface area contributed by atoms with Crippen LogP contribution in [0.5, 0.6) is 0 Å². The third kappa shape index (κ3) is 2.33. The van der Waals surface area contributed by atoms with Gasteiger partial charge < -0.3 is 20.4 Å². The summed E-state index contributed by atoms with van der Waals surface area (Å²) >= 11 is 0. The smallest absolute Gasteiger partial charge is 0.190 e. The lowest BCUT2D eigenvalue weighted by molar-refractivity contribution is -0.197. The fourth-order valence-corrected chi connectivity index (χ4v) is 7.35. The molecule has 0 bridgehead atoms. The van der Waals surface area contributed by atoms with Crippen molar-refractivity contribution in [2.75, 3.05) is 13.2 Å². The fourth-order valence-electron chi connectivity index (χ4n) is 7.35. The van der Waals surface area contributed by atoms with E-state index in [-0.39, 0.29) is 48.4 Å². The predicted octanol–water partition coefficient (Wildman–Crippen LogP) is 0.754. The minimum Gasteiger partial charge on any atom is -0.396 e. The Hall–Kier alpha value is -1.08. The number of aliphatic hydroxyl groups is 4. The lowest BCUT2D eigenvalue weighted by Crippen LogP contribution is -2.64. The van der Waals surface area contributed by atoms with E-state index in [4.69, 9.17) is 0 Å². The van der Waals surface area contributed by atoms with E-state index in [1.807, 2.05) is 0 Å². The van der Waals surface area contributed by atoms with Crippen LogP contribution < -0.4 is 0 Å². The van der Waals surface area contributed by atoms with E-state index in [0.29, 0.717) is 19.3 Å². The summed E-state index contributed by atoms with van der Waals surface area (Å²) in [6.07, 6.45) is 4.72. The van der Waals surface area contributed by atoms with Crippen LogP contribution in [0.4, 0.5) is 0 Å². The van der Waals surface area contributed by atoms with E-state index in [1.165, 1.54) is 0 Å². The van der Waals surface area contributed by atoms with Crippen molar-refractivity contribution in [3.63, 3.8) is 0 Å². The molecule has 0 aromatic rings. The first kappa shape index (κ1) is 19.2. The van der Waals surface area contributed by atoms with Gasteiger partial charge in [0.05, 0.1) is 12.7 Å². The van der Waals surface area contributed by atoms with Gasteiger partial charge in [-0.3, -0.25) is 9.59 Å². The molecule has 0 amide bonds. The topological polar surface area (TPSA) is 115 Å². The molecule has 6 nitrogen and oxygen atoms in total. The van der Waals surface area contributed by atoms with Crippen molar-refractivity contribution in [1.82, 2.24) is 0 Å². The second kappa shape index (κ2) is 6.21. The molecule has 0 radical (unpaired) electrons. The first-order valence-corrected chi connectivity index (χ1v) is 10.1. The molecule has 4 aliphatic carbocycles. The average molecular weight is 378 g/mol. The van der Waals surface area contributed by atoms with Crippen LogP contribution in [0.25, 0.3) is 0 Å². The Balaban J connectivity index is 1.76. The van der Waals surface area contributed by atoms with Crippen LogP contribution in [0.2, 0.25) is 0 Å². The molecular weight excluding hydrogens is 348 g/mol. The number of rotatable bonds is 3. The quantitative estimate of drug-likeness (QED) is 0.576. The van der Waals surface area contributed by atoms with Crippen LogP contribution in [-0.2, 0) is 9.59 Å². The Morgan fingerprint density at radius 3 is 2.63 bits per heavy atom. The molecule has 4 N–H and O–H groups in total. The second-order valence-corrected chi connectivity index (χ2v) is 9.45. The van der Waals surface area contributed by atoms with E-state index in [1.54, 1.807) is 6.08 Å². The van der Waals surface area contributed by atoms with Crippen LogP contribution in [0.1, 0.15) is 51.9 Å². The molecule has 0 heterocycles. The van der Waals surface area contributed by atoms with Gasteiger partial charge in [0.15, 0.2) is 11.6 Å². The summed E-state index contributed by atoms with van der Waals surface area (Å²) in [5, 5.41) is 42.1. The maximum absolute atomic E-state index is 12.4. The Morgan fingerprint density at radius 2 is 1.96 bits per heavy atom. The number of hydrogen-bond donors (Lipinski definition) is 4. The van der Waals surface area contributed by atoms with Gasteiger partial charge in [-0.1, -0.05) is 12.5 Å². The minimum absolute atomic E-state index is 0.0400. The SMILES string of the molecule is CC12CCC(=O)C=C1CCC1C2C(O)CC2(CO)C1CCC2(O)C(=O)CO. The van der Waals surface area contributed by atoms with Crippen molar-refractivity contribution in [2.24, 2.45) is 28.6 Å². The minimum atomic E-state index is -1.79. The Kier molecular flexibility index (Phi) is 4.43. The molecule has 3 saturated carbocycles. The van der Waals surface area contributed by atoms with Crippen molar-refractivity contribution < 1.29 is 30.0 Å². The highest BCUT2D eigenvalue weighted by atomic mass is 16.3. The molecule has 7 unspecified atom stereocenters. The van der Waals surface area contributed by atoms with Gasteiger partial charge >= 0.3 is 0 Å². The van der Waals surface area contributed by atoms with Crippen LogP contribution in [0, 0.1) is 28.6 Å². The second-order valence-electron chi connectivity index (χ2n) is 9.45. The van der Waals surface area contributed by atoms with E-state index in [9.17, 15) is 30.0 Å². The fraction of sp³-hybridized carbons (Fsp3) is 0.810. The van der Waals surface area contributed by atoms with Gasteiger partial charge in [0, 0.05) is 11.8 Å². The van der Waals surface area contributed by atoms with Crippen LogP contribution in [0.15, 0.2) is 11.6 Å². The van der Waals surface area contributed by atoms with Crippen LogP contribution in [-0.4, -0.2) is 56.9 Å². The van der Waals surface area contributed by atoms with E-state index in [2.05, 4.69) is 6.92 Å². The molecular formula is C21H30O6. The maximum Gasteiger partial charge on any atom is 0.190 e. The lowest BCUT2D eigenvalue weighted by atomic mass is 9.45. The molecule has 4 aliphatic rings. The highest BCUT2D eigenvalue weighted by Gasteiger charge is 2.69. The summed E-state index contributed by atoms with van der Waals surface area (Å²) in [7, 11) is 0. The highest BCUT2D eigenvalue weighted by Crippen LogP contribution is 2.67. The largest absolute Gasteiger partial charge is 0.396 e. The van der Waals surface area contributed by atoms with E-state index < -0.39 is 29.5 Å². The van der Waals surface area contributed by atoms with Gasteiger partial charge in [0.2, 0.25) is 0 Å². The van der Waals surface area contributed by atoms with Gasteiger partial charge in [-0.15, -0.1) is 0 Å². The van der Waals surface area contributed by atoms with Crippen molar-refractivity contribution in [3.8, 4) is 0 Å². The number of allylic oxidation sites excluding steroid dienone is 1. The van der Waals surface area contributed by atoms with Gasteiger partial charge in [0.25, 0.3) is 0 Å². The number of Topliss-reactive ketones (excluding diaryl/α,β-unsaturated/α-hetero) is 1. The lowest BCUT2D eigenvalue weighted by Gasteiger charge is -2.60. The Bertz CT molecular complexity index is 701. The number of carbonyl (C=O) groups is 2. The maximum atomic E-state index is 12.4. The number of carbonyl (C=O) groups excluding carboxylic acids is 2. The monoisotopic (exact) mass is 378 g/mol. The molecule has 3 fully saturated rings. The summed E-state index contributed by atoms with van der Waals surface area (Å²) in [4.78, 5) is 24.3. The molecule has 0 aromatic carbocycles. The van der Waals surface area contributed by atoms with Gasteiger partial charge in [-0.05, 0) is 67.8 Å². The molecule has 0 aromatic heterocycles. The predicted molar refractivity (Wildman–Crippen MR) is 96.6 cm³/mol. The normalized spacial score (nSPS) is 49.1. The van der Waals surface area contributed by atoms with E-state index >= 15 is 0 Å². The zero-order valence-corrected chi connectivity index (χ0v) is 15.9. The zero-order chi connectivity index (χ0) is 19.6. The standard InChI is InChI=1S/C21H30O6/c1-19-6-4-13(24)8-12(19)2-3-14-15-5-7-21(27,17(26)10-22)20(15,11-23)9-16(25)18(14)19/h8,14-16,18,22-23,25,27H,2-7,9-11H2,1H3. The third-order valence-corrected chi connectivity index (χ3v) is 8.65. The summed E-state index contributed by atoms with van der Waals surface area (Å²) in [5.74, 6) is -0.540. The van der Waals surface area contributed by atoms with Crippen molar-refractivity contribution in [3.05, 3.63) is 11.6 Å². The Labute approximate surface area is 159 Å². The van der Waals surface area contributed by atoms with Crippen molar-refractivity contribution in [2.45, 2.75) is 63.6 Å². The number of ketones is 2. The molecule has 27 heavy (non-hydrogen) atoms. The van der Waals surface area contributed by atoms with Gasteiger partial charge in [-0.25, -0.2) is 0 Å². The first-order chi connectivity index (χ1) is 12.7. The molecule has 7 atom stereocenters. The molecule has 6 heteroatoms. The number of hydrogen-bond acceptors (Lipinski definition) is 6. The van der Waals surface area contributed by atoms with Crippen LogP contribution in [0.3, 0.4) is 0 Å². The average Bonchev–Trinajstić information content (AvgIpc) is 2.95. The first-order valence-electron chi connectivity index (χ1n) is 10.1. The number of aliphatic hydroxyl groups excluding tert-OH is 3. The summed E-state index contributed by atoms with van der Waals surface area (Å²) < 4.78 is 0. The molecule has 0 saturated heterocycles. The van der Waals surface area contributed by atoms with Crippen molar-refractivity contribution in [1.29, 1.82) is 0 Å². The molecule has 150 valence electrons. The summed E-state index contributed by atoms with van der Waals surface area (Å²) in [6.45, 7) is 0.997. The van der Waals surface area contributed by atoms with Gasteiger partial charge in [0.1, 0.15) is 12.2 Å². The third-order valence-electron chi connectivity index (χ3n) is 8.65. The zero-order valence-electron chi connectivity index (χ0n) is 15.9. The molecule has 0 spiro atoms. The highest BCUT2D eigenvalue weighted by molar-refractivity contribution is 5.91. The Morgan fingerprint density at radius 1 is 1.22 bits per heavy atom. The molecule has 4 rings (SSSR count). The van der Waals surface area contributed by atoms with Gasteiger partial charge in [-0.2, -0.15) is 0 Å². The summed E-state index contributed by atoms with van der Waals surface area (Å²) in [5.41, 5.74) is -2.02. The number of fused-ring (bicyclic) bond motifs is 5. The van der Waals surface area contributed by atoms with Crippen LogP contribution >= 0.6 is 0 Å². The van der Waals surface area contributed by atoms with Crippen molar-refractivity contribution >= 4 is 11.6 Å². The summed E-state index contributed by atoms with van der Waals surface area (Å²) in [6, 6.07) is 0.